The Morgan fingerprint density at radius 3 is 2.40 bits per heavy atom. The number of anilines is 1. The van der Waals surface area contributed by atoms with E-state index in [4.69, 9.17) is 11.6 Å². The molecule has 1 aromatic heterocycles. The zero-order valence-corrected chi connectivity index (χ0v) is 11.6. The summed E-state index contributed by atoms with van der Waals surface area (Å²) in [4.78, 5) is 6.64. The molecule has 2 aromatic rings. The molecule has 0 unspecified atom stereocenters. The molecule has 0 spiro atoms. The van der Waals surface area contributed by atoms with E-state index in [0.29, 0.717) is 0 Å². The Labute approximate surface area is 118 Å². The van der Waals surface area contributed by atoms with E-state index in [1.165, 1.54) is 13.0 Å². The fourth-order valence-corrected chi connectivity index (χ4v) is 2.44. The van der Waals surface area contributed by atoms with Gasteiger partial charge in [-0.1, -0.05) is 6.07 Å². The van der Waals surface area contributed by atoms with Gasteiger partial charge in [-0.3, -0.25) is 4.72 Å². The second kappa shape index (κ2) is 5.29. The van der Waals surface area contributed by atoms with Crippen molar-refractivity contribution < 1.29 is 17.2 Å². The van der Waals surface area contributed by atoms with Crippen LogP contribution in [0.5, 0.6) is 0 Å². The predicted molar refractivity (Wildman–Crippen MR) is 68.9 cm³/mol. The highest BCUT2D eigenvalue weighted by Gasteiger charge is 2.21. The van der Waals surface area contributed by atoms with Crippen molar-refractivity contribution >= 4 is 27.3 Å². The van der Waals surface area contributed by atoms with E-state index in [1.807, 2.05) is 4.72 Å². The van der Waals surface area contributed by atoms with Crippen molar-refractivity contribution in [3.63, 3.8) is 0 Å². The smallest absolute Gasteiger partial charge is 0.265 e. The number of hydrogen-bond donors (Lipinski definition) is 1. The molecule has 0 atom stereocenters. The molecule has 0 radical (unpaired) electrons. The van der Waals surface area contributed by atoms with Crippen LogP contribution in [0.1, 0.15) is 5.56 Å². The number of nitrogens with one attached hydrogen (secondary N) is 1. The van der Waals surface area contributed by atoms with Crippen LogP contribution < -0.4 is 4.72 Å². The first-order valence-corrected chi connectivity index (χ1v) is 7.12. The van der Waals surface area contributed by atoms with Gasteiger partial charge in [0.1, 0.15) is 16.4 Å². The van der Waals surface area contributed by atoms with Crippen molar-refractivity contribution in [1.29, 1.82) is 0 Å². The van der Waals surface area contributed by atoms with Gasteiger partial charge < -0.3 is 0 Å². The Morgan fingerprint density at radius 1 is 1.20 bits per heavy atom. The maximum atomic E-state index is 13.8. The first-order valence-electron chi connectivity index (χ1n) is 5.26. The van der Waals surface area contributed by atoms with Crippen LogP contribution >= 0.6 is 11.6 Å². The van der Waals surface area contributed by atoms with Crippen molar-refractivity contribution in [3.8, 4) is 0 Å². The highest BCUT2D eigenvalue weighted by molar-refractivity contribution is 7.92. The van der Waals surface area contributed by atoms with Crippen molar-refractivity contribution in [2.45, 2.75) is 11.8 Å². The molecular formula is C11H8ClF2N3O2S. The summed E-state index contributed by atoms with van der Waals surface area (Å²) in [6, 6.07) is 2.17. The van der Waals surface area contributed by atoms with Crippen molar-refractivity contribution in [1.82, 2.24) is 9.97 Å². The third-order valence-corrected chi connectivity index (χ3v) is 3.93. The Hall–Kier alpha value is -1.80. The SMILES string of the molecule is Cc1ccc(F)c(NS(=O)(=O)c2cnc(Cl)nc2)c1F. The third kappa shape index (κ3) is 2.86. The monoisotopic (exact) mass is 319 g/mol. The average Bonchev–Trinajstić information content (AvgIpc) is 2.40. The van der Waals surface area contributed by atoms with Crippen LogP contribution in [0, 0.1) is 18.6 Å². The first kappa shape index (κ1) is 14.6. The lowest BCUT2D eigenvalue weighted by atomic mass is 10.2. The highest BCUT2D eigenvalue weighted by Crippen LogP contribution is 2.24. The molecule has 0 saturated carbocycles. The maximum absolute atomic E-state index is 13.8. The second-order valence-corrected chi connectivity index (χ2v) is 5.87. The van der Waals surface area contributed by atoms with Crippen LogP contribution in [0.15, 0.2) is 29.4 Å². The molecule has 0 amide bonds. The van der Waals surface area contributed by atoms with Gasteiger partial charge in [-0.05, 0) is 30.2 Å². The Balaban J connectivity index is 2.43. The second-order valence-electron chi connectivity index (χ2n) is 3.85. The van der Waals surface area contributed by atoms with Crippen LogP contribution in [0.2, 0.25) is 5.28 Å². The molecule has 5 nitrogen and oxygen atoms in total. The summed E-state index contributed by atoms with van der Waals surface area (Å²) in [7, 11) is -4.21. The maximum Gasteiger partial charge on any atom is 0.265 e. The number of nitrogens with zero attached hydrogens (tertiary/aromatic N) is 2. The number of hydrogen-bond acceptors (Lipinski definition) is 4. The summed E-state index contributed by atoms with van der Waals surface area (Å²) in [5.41, 5.74) is -0.642. The van der Waals surface area contributed by atoms with Gasteiger partial charge in [-0.2, -0.15) is 0 Å². The average molecular weight is 320 g/mol. The van der Waals surface area contributed by atoms with Gasteiger partial charge in [0.25, 0.3) is 10.0 Å². The van der Waals surface area contributed by atoms with E-state index in [2.05, 4.69) is 9.97 Å². The molecule has 106 valence electrons. The zero-order valence-electron chi connectivity index (χ0n) is 10.1. The number of rotatable bonds is 3. The number of sulfonamides is 1. The fraction of sp³-hybridized carbons (Fsp3) is 0.0909. The van der Waals surface area contributed by atoms with E-state index in [1.54, 1.807) is 0 Å². The molecule has 1 N–H and O–H groups in total. The van der Waals surface area contributed by atoms with Crippen molar-refractivity contribution in [3.05, 3.63) is 47.0 Å². The molecule has 0 fully saturated rings. The molecule has 20 heavy (non-hydrogen) atoms. The summed E-state index contributed by atoms with van der Waals surface area (Å²) in [5, 5.41) is -0.142. The van der Waals surface area contributed by atoms with Gasteiger partial charge in [-0.25, -0.2) is 27.2 Å². The van der Waals surface area contributed by atoms with Crippen LogP contribution in [0.25, 0.3) is 0 Å². The Morgan fingerprint density at radius 2 is 1.80 bits per heavy atom. The fourth-order valence-electron chi connectivity index (χ4n) is 1.38. The molecular weight excluding hydrogens is 312 g/mol. The normalized spacial score (nSPS) is 11.4. The van der Waals surface area contributed by atoms with Crippen molar-refractivity contribution in [2.24, 2.45) is 0 Å². The Kier molecular flexibility index (Phi) is 3.87. The number of benzene rings is 1. The molecule has 2 rings (SSSR count). The van der Waals surface area contributed by atoms with Crippen LogP contribution in [0.3, 0.4) is 0 Å². The predicted octanol–water partition coefficient (Wildman–Crippen LogP) is 2.52. The molecule has 9 heteroatoms. The van der Waals surface area contributed by atoms with Gasteiger partial charge in [-0.15, -0.1) is 0 Å². The Bertz CT molecular complexity index is 751. The van der Waals surface area contributed by atoms with Gasteiger partial charge in [0.2, 0.25) is 5.28 Å². The number of aromatic nitrogens is 2. The minimum absolute atomic E-state index is 0.108. The lowest BCUT2D eigenvalue weighted by Crippen LogP contribution is -2.16. The quantitative estimate of drug-likeness (QED) is 0.882. The molecule has 0 aliphatic rings. The largest absolute Gasteiger partial charge is 0.274 e. The third-order valence-electron chi connectivity index (χ3n) is 2.43. The zero-order chi connectivity index (χ0) is 14.9. The standard InChI is InChI=1S/C11H8ClF2N3O2S/c1-6-2-3-8(13)10(9(6)14)17-20(18,19)7-4-15-11(12)16-5-7/h2-5,17H,1H3. The summed E-state index contributed by atoms with van der Waals surface area (Å²) < 4.78 is 53.0. The molecule has 1 aromatic carbocycles. The molecule has 0 aliphatic carbocycles. The van der Waals surface area contributed by atoms with E-state index >= 15 is 0 Å². The summed E-state index contributed by atoms with van der Waals surface area (Å²) in [6.07, 6.45) is 1.87. The van der Waals surface area contributed by atoms with Crippen LogP contribution in [0.4, 0.5) is 14.5 Å². The van der Waals surface area contributed by atoms with Crippen LogP contribution in [-0.4, -0.2) is 18.4 Å². The lowest BCUT2D eigenvalue weighted by molar-refractivity contribution is 0.578. The molecule has 0 bridgehead atoms. The van der Waals surface area contributed by atoms with Crippen LogP contribution in [-0.2, 0) is 10.0 Å². The summed E-state index contributed by atoms with van der Waals surface area (Å²) in [5.74, 6) is -2.00. The van der Waals surface area contributed by atoms with E-state index < -0.39 is 27.3 Å². The van der Waals surface area contributed by atoms with Gasteiger partial charge in [0.15, 0.2) is 5.82 Å². The lowest BCUT2D eigenvalue weighted by Gasteiger charge is -2.10. The number of halogens is 3. The molecule has 1 heterocycles. The summed E-state index contributed by atoms with van der Waals surface area (Å²) >= 11 is 5.44. The number of aryl methyl sites for hydroxylation is 1. The molecule has 0 aliphatic heterocycles. The molecule has 0 saturated heterocycles. The topological polar surface area (TPSA) is 72.0 Å². The van der Waals surface area contributed by atoms with E-state index in [-0.39, 0.29) is 15.7 Å². The van der Waals surface area contributed by atoms with Gasteiger partial charge >= 0.3 is 0 Å². The van der Waals surface area contributed by atoms with Gasteiger partial charge in [0.05, 0.1) is 12.4 Å². The highest BCUT2D eigenvalue weighted by atomic mass is 35.5. The first-order chi connectivity index (χ1) is 9.31. The van der Waals surface area contributed by atoms with E-state index in [0.717, 1.165) is 18.5 Å². The van der Waals surface area contributed by atoms with Crippen molar-refractivity contribution in [2.75, 3.05) is 4.72 Å². The van der Waals surface area contributed by atoms with Gasteiger partial charge in [0, 0.05) is 0 Å². The minimum atomic E-state index is -4.21. The van der Waals surface area contributed by atoms with E-state index in [9.17, 15) is 17.2 Å². The summed E-state index contributed by atoms with van der Waals surface area (Å²) in [6.45, 7) is 1.39. The minimum Gasteiger partial charge on any atom is -0.274 e.